The van der Waals surface area contributed by atoms with Gasteiger partial charge in [0.25, 0.3) is 11.8 Å². The third-order valence-corrected chi connectivity index (χ3v) is 5.92. The Balaban J connectivity index is 2.38. The molecule has 1 aliphatic rings. The third kappa shape index (κ3) is 8.42. The van der Waals surface area contributed by atoms with Crippen molar-refractivity contribution in [3.05, 3.63) is 59.3 Å². The van der Waals surface area contributed by atoms with Crippen LogP contribution in [0.4, 0.5) is 32.2 Å². The first kappa shape index (κ1) is 31.6. The highest BCUT2D eigenvalue weighted by atomic mass is 19.4. The highest BCUT2D eigenvalue weighted by Crippen LogP contribution is 2.35. The van der Waals surface area contributed by atoms with Gasteiger partial charge in [-0.15, -0.1) is 0 Å². The Labute approximate surface area is 223 Å². The second-order valence-corrected chi connectivity index (χ2v) is 8.99. The monoisotopic (exact) mass is 558 g/mol. The SMILES string of the molecule is C\C=C/C=N\C(=C\CC)C(=C\NC)\C(=N)C(=O)N1CC(F)(F)CC(C)[C@H]1CNc1ncc(C(F)(F)F)cc1F. The molecular formula is C26H32F6N6O. The summed E-state index contributed by atoms with van der Waals surface area (Å²) in [6.07, 6.45) is 3.50. The zero-order chi connectivity index (χ0) is 29.4. The fraction of sp³-hybridized carbons (Fsp3) is 0.462. The molecule has 2 atom stereocenters. The molecule has 0 bridgehead atoms. The van der Waals surface area contributed by atoms with E-state index in [-0.39, 0.29) is 23.9 Å². The number of amides is 1. The van der Waals surface area contributed by atoms with Crippen LogP contribution in [-0.4, -0.2) is 59.8 Å². The maximum atomic E-state index is 14.6. The summed E-state index contributed by atoms with van der Waals surface area (Å²) in [5.41, 5.74) is -1.51. The molecule has 1 amide bonds. The van der Waals surface area contributed by atoms with Gasteiger partial charge in [-0.05, 0) is 31.4 Å². The van der Waals surface area contributed by atoms with E-state index >= 15 is 0 Å². The largest absolute Gasteiger partial charge is 0.417 e. The van der Waals surface area contributed by atoms with Crippen LogP contribution in [0.3, 0.4) is 0 Å². The number of rotatable bonds is 10. The van der Waals surface area contributed by atoms with Crippen LogP contribution in [0, 0.1) is 17.1 Å². The minimum absolute atomic E-state index is 0.0776. The first-order valence-corrected chi connectivity index (χ1v) is 12.2. The number of aromatic nitrogens is 1. The maximum Gasteiger partial charge on any atom is 0.417 e. The maximum absolute atomic E-state index is 14.6. The number of alkyl halides is 5. The smallest absolute Gasteiger partial charge is 0.393 e. The third-order valence-electron chi connectivity index (χ3n) is 5.92. The standard InChI is InChI=1S/C26H32F6N6O/c1-5-7-9-35-20(8-6-2)18(13-34-4)22(33)24(39)38-15-25(28,29)11-16(3)21(38)14-37-23-19(27)10-17(12-36-23)26(30,31)32/h5,7-10,12-13,16,21,33-34H,6,11,14-15H2,1-4H3,(H,36,37)/b7-5-,18-13-,20-8+,33-22?,35-9-/t16?,21-/m1/s1. The Hall–Kier alpha value is -3.64. The van der Waals surface area contributed by atoms with Gasteiger partial charge in [0.2, 0.25) is 0 Å². The fourth-order valence-electron chi connectivity index (χ4n) is 4.12. The van der Waals surface area contributed by atoms with Crippen molar-refractivity contribution in [2.24, 2.45) is 10.9 Å². The quantitative estimate of drug-likeness (QED) is 0.198. The number of allylic oxidation sites excluding steroid dienone is 4. The van der Waals surface area contributed by atoms with Crippen molar-refractivity contribution >= 4 is 23.7 Å². The predicted molar refractivity (Wildman–Crippen MR) is 138 cm³/mol. The van der Waals surface area contributed by atoms with Gasteiger partial charge in [0.15, 0.2) is 11.6 Å². The molecule has 1 aromatic rings. The normalized spacial score (nSPS) is 20.5. The second kappa shape index (κ2) is 13.4. The number of halogens is 6. The van der Waals surface area contributed by atoms with Crippen molar-refractivity contribution < 1.29 is 31.1 Å². The van der Waals surface area contributed by atoms with Gasteiger partial charge in [0, 0.05) is 44.2 Å². The molecular weight excluding hydrogens is 526 g/mol. The molecule has 2 rings (SSSR count). The van der Waals surface area contributed by atoms with E-state index in [4.69, 9.17) is 5.41 Å². The molecule has 0 aromatic carbocycles. The molecule has 0 saturated carbocycles. The molecule has 214 valence electrons. The number of piperidine rings is 1. The minimum Gasteiger partial charge on any atom is -0.393 e. The Bertz CT molecular complexity index is 1160. The average Bonchev–Trinajstić information content (AvgIpc) is 2.85. The van der Waals surface area contributed by atoms with Crippen LogP contribution in [-0.2, 0) is 11.0 Å². The molecule has 1 fully saturated rings. The van der Waals surface area contributed by atoms with Crippen LogP contribution < -0.4 is 10.6 Å². The Morgan fingerprint density at radius 2 is 2.05 bits per heavy atom. The molecule has 0 spiro atoms. The molecule has 13 heteroatoms. The number of hydrogen-bond donors (Lipinski definition) is 3. The summed E-state index contributed by atoms with van der Waals surface area (Å²) >= 11 is 0. The predicted octanol–water partition coefficient (Wildman–Crippen LogP) is 5.59. The van der Waals surface area contributed by atoms with Crippen LogP contribution in [0.2, 0.25) is 0 Å². The van der Waals surface area contributed by atoms with Crippen molar-refractivity contribution in [2.45, 2.75) is 51.8 Å². The van der Waals surface area contributed by atoms with Gasteiger partial charge in [0.1, 0.15) is 5.71 Å². The Morgan fingerprint density at radius 1 is 1.36 bits per heavy atom. The zero-order valence-electron chi connectivity index (χ0n) is 22.0. The van der Waals surface area contributed by atoms with Gasteiger partial charge >= 0.3 is 6.18 Å². The van der Waals surface area contributed by atoms with Gasteiger partial charge in [0.05, 0.1) is 23.8 Å². The van der Waals surface area contributed by atoms with E-state index in [1.165, 1.54) is 19.3 Å². The lowest BCUT2D eigenvalue weighted by Gasteiger charge is -2.43. The summed E-state index contributed by atoms with van der Waals surface area (Å²) in [4.78, 5) is 22.1. The lowest BCUT2D eigenvalue weighted by Crippen LogP contribution is -2.59. The number of nitrogens with one attached hydrogen (secondary N) is 3. The number of nitrogens with zero attached hydrogens (tertiary/aromatic N) is 3. The molecule has 39 heavy (non-hydrogen) atoms. The number of hydrogen-bond acceptors (Lipinski definition) is 6. The van der Waals surface area contributed by atoms with Crippen molar-refractivity contribution in [2.75, 3.05) is 25.5 Å². The first-order chi connectivity index (χ1) is 18.3. The van der Waals surface area contributed by atoms with Gasteiger partial charge < -0.3 is 15.5 Å². The lowest BCUT2D eigenvalue weighted by atomic mass is 9.87. The van der Waals surface area contributed by atoms with Crippen LogP contribution in [0.15, 0.2) is 53.0 Å². The Morgan fingerprint density at radius 3 is 2.62 bits per heavy atom. The molecule has 2 heterocycles. The summed E-state index contributed by atoms with van der Waals surface area (Å²) in [6.45, 7) is 3.82. The van der Waals surface area contributed by atoms with E-state index in [9.17, 15) is 31.1 Å². The number of carbonyl (C=O) groups is 1. The molecule has 0 radical (unpaired) electrons. The molecule has 1 aromatic heterocycles. The van der Waals surface area contributed by atoms with Crippen molar-refractivity contribution in [1.82, 2.24) is 15.2 Å². The van der Waals surface area contributed by atoms with Crippen molar-refractivity contribution in [3.63, 3.8) is 0 Å². The number of pyridine rings is 1. The van der Waals surface area contributed by atoms with Gasteiger partial charge in [-0.25, -0.2) is 18.2 Å². The number of likely N-dealkylation sites (tertiary alicyclic amines) is 1. The highest BCUT2D eigenvalue weighted by Gasteiger charge is 2.47. The van der Waals surface area contributed by atoms with Gasteiger partial charge in [-0.2, -0.15) is 13.2 Å². The fourth-order valence-corrected chi connectivity index (χ4v) is 4.12. The van der Waals surface area contributed by atoms with Crippen LogP contribution in [0.1, 0.15) is 39.2 Å². The van der Waals surface area contributed by atoms with E-state index in [2.05, 4.69) is 20.6 Å². The van der Waals surface area contributed by atoms with Crippen molar-refractivity contribution in [3.8, 4) is 0 Å². The molecule has 0 aliphatic carbocycles. The summed E-state index contributed by atoms with van der Waals surface area (Å²) in [5, 5.41) is 13.9. The molecule has 1 saturated heterocycles. The van der Waals surface area contributed by atoms with Gasteiger partial charge in [-0.3, -0.25) is 15.2 Å². The second-order valence-electron chi connectivity index (χ2n) is 8.99. The van der Waals surface area contributed by atoms with Crippen molar-refractivity contribution in [1.29, 1.82) is 5.41 Å². The van der Waals surface area contributed by atoms with Crippen LogP contribution in [0.5, 0.6) is 0 Å². The Kier molecular flexibility index (Phi) is 10.9. The highest BCUT2D eigenvalue weighted by molar-refractivity contribution is 6.45. The summed E-state index contributed by atoms with van der Waals surface area (Å²) < 4.78 is 82.0. The molecule has 1 aliphatic heterocycles. The first-order valence-electron chi connectivity index (χ1n) is 12.2. The van der Waals surface area contributed by atoms with E-state index in [1.807, 2.05) is 6.92 Å². The van der Waals surface area contributed by atoms with E-state index in [1.54, 1.807) is 32.2 Å². The van der Waals surface area contributed by atoms with E-state index in [0.717, 1.165) is 4.90 Å². The topological polar surface area (TPSA) is 93.5 Å². The summed E-state index contributed by atoms with van der Waals surface area (Å²) in [7, 11) is 1.55. The van der Waals surface area contributed by atoms with Gasteiger partial charge in [-0.1, -0.05) is 26.0 Å². The summed E-state index contributed by atoms with van der Waals surface area (Å²) in [6, 6.07) is -0.668. The van der Waals surface area contributed by atoms with Crippen LogP contribution >= 0.6 is 0 Å². The van der Waals surface area contributed by atoms with E-state index in [0.29, 0.717) is 12.6 Å². The average molecular weight is 559 g/mol. The molecule has 7 nitrogen and oxygen atoms in total. The number of carbonyl (C=O) groups excluding carboxylic acids is 1. The summed E-state index contributed by atoms with van der Waals surface area (Å²) in [5.74, 6) is -6.85. The zero-order valence-corrected chi connectivity index (χ0v) is 22.0. The number of anilines is 1. The van der Waals surface area contributed by atoms with E-state index < -0.39 is 65.8 Å². The number of aliphatic imine (C=N–C) groups is 1. The van der Waals surface area contributed by atoms with Crippen LogP contribution in [0.25, 0.3) is 0 Å². The molecule has 1 unspecified atom stereocenters. The lowest BCUT2D eigenvalue weighted by molar-refractivity contribution is -0.145. The minimum atomic E-state index is -4.79. The molecule has 3 N–H and O–H groups in total.